The Balaban J connectivity index is 2.21. The van der Waals surface area contributed by atoms with Crippen molar-refractivity contribution in [2.24, 2.45) is 0 Å². The van der Waals surface area contributed by atoms with Gasteiger partial charge in [0.2, 0.25) is 0 Å². The normalized spacial score (nSPS) is 11.5. The number of anilines is 2. The van der Waals surface area contributed by atoms with Crippen LogP contribution >= 0.6 is 30.8 Å². The highest BCUT2D eigenvalue weighted by Gasteiger charge is 2.25. The zero-order chi connectivity index (χ0) is 15.5. The summed E-state index contributed by atoms with van der Waals surface area (Å²) in [7, 11) is 0.467. The van der Waals surface area contributed by atoms with Gasteiger partial charge in [0.25, 0.3) is 0 Å². The van der Waals surface area contributed by atoms with E-state index in [0.717, 1.165) is 11.4 Å². The molecule has 0 atom stereocenters. The van der Waals surface area contributed by atoms with Crippen molar-refractivity contribution in [2.75, 3.05) is 24.3 Å². The monoisotopic (exact) mass is 343 g/mol. The quantitative estimate of drug-likeness (QED) is 0.733. The van der Waals surface area contributed by atoms with Crippen LogP contribution in [0.25, 0.3) is 0 Å². The molecule has 0 aliphatic rings. The highest BCUT2D eigenvalue weighted by atomic mass is 35.5. The van der Waals surface area contributed by atoms with E-state index < -0.39 is 7.59 Å². The average molecular weight is 344 g/mol. The van der Waals surface area contributed by atoms with Crippen LogP contribution in [0.15, 0.2) is 48.5 Å². The molecule has 0 unspecified atom stereocenters. The Bertz CT molecular complexity index is 593. The molecule has 0 fully saturated rings. The molecule has 0 heterocycles. The molecular weight excluding hydrogens is 328 g/mol. The molecule has 0 radical (unpaired) electrons. The predicted octanol–water partition coefficient (Wildman–Crippen LogP) is 5.19. The molecule has 0 aromatic heterocycles. The summed E-state index contributed by atoms with van der Waals surface area (Å²) in [6, 6.07) is 14.1. The Hall–Kier alpha value is -1.19. The maximum atomic E-state index is 13.1. The zero-order valence-electron chi connectivity index (χ0n) is 11.7. The van der Waals surface area contributed by atoms with E-state index in [1.807, 2.05) is 0 Å². The van der Waals surface area contributed by atoms with Gasteiger partial charge >= 0.3 is 7.59 Å². The first-order chi connectivity index (χ1) is 9.89. The van der Waals surface area contributed by atoms with E-state index in [4.69, 9.17) is 23.2 Å². The first-order valence-electron chi connectivity index (χ1n) is 6.24. The van der Waals surface area contributed by atoms with Gasteiger partial charge in [-0.05, 0) is 62.6 Å². The number of nitrogens with zero attached hydrogens (tertiary/aromatic N) is 1. The molecule has 0 saturated heterocycles. The summed E-state index contributed by atoms with van der Waals surface area (Å²) < 4.78 is 14.7. The van der Waals surface area contributed by atoms with Crippen molar-refractivity contribution in [1.29, 1.82) is 0 Å². The van der Waals surface area contributed by atoms with Gasteiger partial charge in [0.05, 0.1) is 0 Å². The Morgan fingerprint density at radius 3 is 1.43 bits per heavy atom. The molecule has 21 heavy (non-hydrogen) atoms. The Kier molecular flexibility index (Phi) is 5.17. The number of benzene rings is 2. The third-order valence-corrected chi connectivity index (χ3v) is 5.57. The fraction of sp³-hybridized carbons (Fsp3) is 0.143. The Labute approximate surface area is 134 Å². The SMILES string of the molecule is CN(C)P(=O)(Nc1ccc(Cl)cc1)Nc1ccc(Cl)cc1. The minimum absolute atomic E-state index is 0.630. The van der Waals surface area contributed by atoms with Gasteiger partial charge in [-0.1, -0.05) is 23.2 Å². The first-order valence-corrected chi connectivity index (χ1v) is 8.66. The van der Waals surface area contributed by atoms with E-state index in [1.54, 1.807) is 67.3 Å². The second kappa shape index (κ2) is 6.71. The number of halogens is 2. The zero-order valence-corrected chi connectivity index (χ0v) is 14.1. The molecular formula is C14H16Cl2N3OP. The van der Waals surface area contributed by atoms with Crippen LogP contribution in [0.2, 0.25) is 10.0 Å². The molecule has 2 aromatic rings. The van der Waals surface area contributed by atoms with Gasteiger partial charge in [-0.15, -0.1) is 0 Å². The minimum atomic E-state index is -3.02. The maximum Gasteiger partial charge on any atom is 0.330 e. The third kappa shape index (κ3) is 4.39. The average Bonchev–Trinajstić information content (AvgIpc) is 2.44. The van der Waals surface area contributed by atoms with Crippen LogP contribution < -0.4 is 10.2 Å². The maximum absolute atomic E-state index is 13.1. The van der Waals surface area contributed by atoms with E-state index >= 15 is 0 Å². The number of rotatable bonds is 5. The largest absolute Gasteiger partial charge is 0.330 e. The second-order valence-electron chi connectivity index (χ2n) is 4.66. The Morgan fingerprint density at radius 2 is 1.14 bits per heavy atom. The molecule has 112 valence electrons. The first kappa shape index (κ1) is 16.2. The van der Waals surface area contributed by atoms with Crippen molar-refractivity contribution in [3.8, 4) is 0 Å². The van der Waals surface area contributed by atoms with Crippen LogP contribution in [0.1, 0.15) is 0 Å². The summed E-state index contributed by atoms with van der Waals surface area (Å²) in [6.45, 7) is 0. The topological polar surface area (TPSA) is 44.4 Å². The molecule has 0 spiro atoms. The molecule has 2 aromatic carbocycles. The minimum Gasteiger partial charge on any atom is -0.308 e. The smallest absolute Gasteiger partial charge is 0.308 e. The van der Waals surface area contributed by atoms with E-state index in [-0.39, 0.29) is 0 Å². The van der Waals surface area contributed by atoms with Crippen LogP contribution in [0.5, 0.6) is 0 Å². The van der Waals surface area contributed by atoms with Crippen molar-refractivity contribution in [2.45, 2.75) is 0 Å². The molecule has 7 heteroatoms. The van der Waals surface area contributed by atoms with Gasteiger partial charge in [-0.3, -0.25) is 4.57 Å². The molecule has 0 aliphatic heterocycles. The number of hydrogen-bond donors (Lipinski definition) is 2. The molecule has 0 aliphatic carbocycles. The van der Waals surface area contributed by atoms with Crippen LogP contribution in [-0.4, -0.2) is 18.8 Å². The summed E-state index contributed by atoms with van der Waals surface area (Å²) in [5.41, 5.74) is 1.44. The molecule has 2 N–H and O–H groups in total. The lowest BCUT2D eigenvalue weighted by Crippen LogP contribution is -2.20. The lowest BCUT2D eigenvalue weighted by atomic mass is 10.3. The van der Waals surface area contributed by atoms with Crippen molar-refractivity contribution in [1.82, 2.24) is 4.67 Å². The number of nitrogens with one attached hydrogen (secondary N) is 2. The standard InChI is InChI=1S/C14H16Cl2N3OP/c1-19(2)21(20,17-13-7-3-11(15)4-8-13)18-14-9-5-12(16)6-10-14/h3-10H,1-2H3,(H2,17,18,20). The summed E-state index contributed by atoms with van der Waals surface area (Å²) in [5.74, 6) is 0. The van der Waals surface area contributed by atoms with Crippen LogP contribution in [0.4, 0.5) is 11.4 Å². The summed E-state index contributed by atoms with van der Waals surface area (Å²) >= 11 is 11.7. The third-order valence-electron chi connectivity index (χ3n) is 2.81. The highest BCUT2D eigenvalue weighted by molar-refractivity contribution is 7.64. The molecule has 0 amide bonds. The second-order valence-corrected chi connectivity index (χ2v) is 7.93. The van der Waals surface area contributed by atoms with Crippen molar-refractivity contribution in [3.63, 3.8) is 0 Å². The molecule has 2 rings (SSSR count). The molecule has 4 nitrogen and oxygen atoms in total. The van der Waals surface area contributed by atoms with E-state index in [0.29, 0.717) is 10.0 Å². The predicted molar refractivity (Wildman–Crippen MR) is 91.4 cm³/mol. The van der Waals surface area contributed by atoms with Crippen molar-refractivity contribution in [3.05, 3.63) is 58.6 Å². The van der Waals surface area contributed by atoms with Gasteiger partial charge in [0, 0.05) is 21.4 Å². The lowest BCUT2D eigenvalue weighted by molar-refractivity contribution is 0.524. The highest BCUT2D eigenvalue weighted by Crippen LogP contribution is 2.47. The van der Waals surface area contributed by atoms with Crippen LogP contribution in [-0.2, 0) is 4.57 Å². The van der Waals surface area contributed by atoms with Gasteiger partial charge in [0.1, 0.15) is 0 Å². The van der Waals surface area contributed by atoms with Crippen LogP contribution in [0, 0.1) is 0 Å². The van der Waals surface area contributed by atoms with Gasteiger partial charge in [-0.2, -0.15) is 0 Å². The summed E-state index contributed by atoms with van der Waals surface area (Å²) in [4.78, 5) is 0. The lowest BCUT2D eigenvalue weighted by Gasteiger charge is -2.27. The van der Waals surface area contributed by atoms with E-state index in [1.165, 1.54) is 0 Å². The number of hydrogen-bond acceptors (Lipinski definition) is 1. The Morgan fingerprint density at radius 1 is 0.810 bits per heavy atom. The van der Waals surface area contributed by atoms with Crippen LogP contribution in [0.3, 0.4) is 0 Å². The van der Waals surface area contributed by atoms with E-state index in [2.05, 4.69) is 10.2 Å². The molecule has 0 bridgehead atoms. The van der Waals surface area contributed by atoms with Gasteiger partial charge in [-0.25, -0.2) is 4.67 Å². The summed E-state index contributed by atoms with van der Waals surface area (Å²) in [6.07, 6.45) is 0. The molecule has 0 saturated carbocycles. The fourth-order valence-electron chi connectivity index (χ4n) is 1.63. The summed E-state index contributed by atoms with van der Waals surface area (Å²) in [5, 5.41) is 7.31. The van der Waals surface area contributed by atoms with Crippen molar-refractivity contribution < 1.29 is 4.57 Å². The van der Waals surface area contributed by atoms with Gasteiger partial charge in [0.15, 0.2) is 0 Å². The van der Waals surface area contributed by atoms with Gasteiger partial charge < -0.3 is 10.2 Å². The van der Waals surface area contributed by atoms with Crippen molar-refractivity contribution >= 4 is 42.2 Å². The van der Waals surface area contributed by atoms with E-state index in [9.17, 15) is 4.57 Å². The fourth-order valence-corrected chi connectivity index (χ4v) is 3.33.